The van der Waals surface area contributed by atoms with Crippen LogP contribution in [-0.2, 0) is 6.54 Å². The molecule has 3 aromatic rings. The third kappa shape index (κ3) is 4.48. The van der Waals surface area contributed by atoms with Gasteiger partial charge in [-0.05, 0) is 49.7 Å². The monoisotopic (exact) mass is 435 g/mol. The van der Waals surface area contributed by atoms with Gasteiger partial charge in [0.15, 0.2) is 0 Å². The molecule has 0 radical (unpaired) electrons. The van der Waals surface area contributed by atoms with Crippen LogP contribution in [0, 0.1) is 13.8 Å². The Hall–Kier alpha value is -3.32. The normalized spacial score (nSPS) is 14.4. The summed E-state index contributed by atoms with van der Waals surface area (Å²) in [5.41, 5.74) is 3.51. The van der Waals surface area contributed by atoms with E-state index in [1.807, 2.05) is 61.2 Å². The Morgan fingerprint density at radius 1 is 1.00 bits per heavy atom. The number of carbonyl (C=O) groups excluding carboxylic acids is 1. The van der Waals surface area contributed by atoms with Gasteiger partial charge in [-0.1, -0.05) is 12.1 Å². The number of piperazine rings is 1. The van der Waals surface area contributed by atoms with Gasteiger partial charge in [0.2, 0.25) is 5.89 Å². The molecule has 0 atom stereocenters. The molecule has 7 nitrogen and oxygen atoms in total. The number of aromatic nitrogens is 1. The summed E-state index contributed by atoms with van der Waals surface area (Å²) in [7, 11) is 3.25. The van der Waals surface area contributed by atoms with Crippen LogP contribution >= 0.6 is 0 Å². The Morgan fingerprint density at radius 3 is 2.41 bits per heavy atom. The molecular formula is C25H29N3O4. The first-order valence-electron chi connectivity index (χ1n) is 10.8. The van der Waals surface area contributed by atoms with E-state index in [1.165, 1.54) is 0 Å². The van der Waals surface area contributed by atoms with Crippen LogP contribution in [0.4, 0.5) is 0 Å². The summed E-state index contributed by atoms with van der Waals surface area (Å²) >= 11 is 0. The number of hydrogen-bond donors (Lipinski definition) is 0. The molecule has 7 heteroatoms. The molecule has 0 bridgehead atoms. The Kier molecular flexibility index (Phi) is 6.46. The summed E-state index contributed by atoms with van der Waals surface area (Å²) in [5, 5.41) is 0. The van der Waals surface area contributed by atoms with E-state index in [0.717, 1.165) is 41.4 Å². The maximum absolute atomic E-state index is 12.9. The van der Waals surface area contributed by atoms with E-state index in [9.17, 15) is 4.79 Å². The fraction of sp³-hybridized carbons (Fsp3) is 0.360. The van der Waals surface area contributed by atoms with Crippen LogP contribution in [0.15, 0.2) is 46.9 Å². The van der Waals surface area contributed by atoms with E-state index in [0.29, 0.717) is 36.8 Å². The third-order valence-electron chi connectivity index (χ3n) is 5.90. The number of nitrogens with zero attached hydrogens (tertiary/aromatic N) is 3. The van der Waals surface area contributed by atoms with Gasteiger partial charge in [-0.15, -0.1) is 0 Å². The van der Waals surface area contributed by atoms with Gasteiger partial charge in [-0.25, -0.2) is 4.98 Å². The molecule has 0 saturated carbocycles. The van der Waals surface area contributed by atoms with Crippen LogP contribution in [0.25, 0.3) is 11.5 Å². The van der Waals surface area contributed by atoms with Gasteiger partial charge in [-0.2, -0.15) is 0 Å². The predicted molar refractivity (Wildman–Crippen MR) is 122 cm³/mol. The van der Waals surface area contributed by atoms with Crippen molar-refractivity contribution < 1.29 is 18.7 Å². The standard InChI is InChI=1S/C25H29N3O4/c1-17-15-19(9-10-22(17)30-3)24-26-21(18(2)32-24)16-27-11-13-28(14-12-27)25(29)20-7-5-6-8-23(20)31-4/h5-10,15H,11-14,16H2,1-4H3. The number of rotatable bonds is 6. The number of ether oxygens (including phenoxy) is 2. The fourth-order valence-corrected chi connectivity index (χ4v) is 4.02. The highest BCUT2D eigenvalue weighted by atomic mass is 16.5. The fourth-order valence-electron chi connectivity index (χ4n) is 4.02. The zero-order valence-electron chi connectivity index (χ0n) is 19.1. The molecule has 0 unspecified atom stereocenters. The molecule has 0 N–H and O–H groups in total. The SMILES string of the molecule is COc1ccc(-c2nc(CN3CCN(C(=O)c4ccccc4OC)CC3)c(C)o2)cc1C. The molecule has 1 aliphatic rings. The molecule has 168 valence electrons. The molecule has 32 heavy (non-hydrogen) atoms. The third-order valence-corrected chi connectivity index (χ3v) is 5.90. The minimum absolute atomic E-state index is 0.0110. The molecule has 2 aromatic carbocycles. The molecule has 1 saturated heterocycles. The van der Waals surface area contributed by atoms with Gasteiger partial charge >= 0.3 is 0 Å². The lowest BCUT2D eigenvalue weighted by Gasteiger charge is -2.34. The average Bonchev–Trinajstić information content (AvgIpc) is 3.19. The smallest absolute Gasteiger partial charge is 0.257 e. The summed E-state index contributed by atoms with van der Waals surface area (Å²) in [6, 6.07) is 13.3. The van der Waals surface area contributed by atoms with Crippen LogP contribution in [0.2, 0.25) is 0 Å². The Morgan fingerprint density at radius 2 is 1.72 bits per heavy atom. The summed E-state index contributed by atoms with van der Waals surface area (Å²) in [6.07, 6.45) is 0. The van der Waals surface area contributed by atoms with Crippen molar-refractivity contribution in [3.05, 3.63) is 65.0 Å². The van der Waals surface area contributed by atoms with Crippen molar-refractivity contribution in [3.63, 3.8) is 0 Å². The van der Waals surface area contributed by atoms with E-state index in [4.69, 9.17) is 18.9 Å². The maximum atomic E-state index is 12.9. The number of amides is 1. The summed E-state index contributed by atoms with van der Waals surface area (Å²) in [6.45, 7) is 7.54. The quantitative estimate of drug-likeness (QED) is 0.584. The van der Waals surface area contributed by atoms with E-state index in [2.05, 4.69) is 4.90 Å². The van der Waals surface area contributed by atoms with Crippen molar-refractivity contribution in [2.24, 2.45) is 0 Å². The van der Waals surface area contributed by atoms with Crippen molar-refractivity contribution in [2.75, 3.05) is 40.4 Å². The molecule has 1 amide bonds. The minimum Gasteiger partial charge on any atom is -0.496 e. The van der Waals surface area contributed by atoms with Crippen LogP contribution in [0.5, 0.6) is 11.5 Å². The molecule has 0 aliphatic carbocycles. The van der Waals surface area contributed by atoms with E-state index < -0.39 is 0 Å². The summed E-state index contributed by atoms with van der Waals surface area (Å²) < 4.78 is 16.6. The molecule has 1 fully saturated rings. The molecular weight excluding hydrogens is 406 g/mol. The van der Waals surface area contributed by atoms with Crippen LogP contribution < -0.4 is 9.47 Å². The van der Waals surface area contributed by atoms with E-state index in [1.54, 1.807) is 14.2 Å². The Balaban J connectivity index is 1.39. The summed E-state index contributed by atoms with van der Waals surface area (Å²) in [5.74, 6) is 2.91. The number of carbonyl (C=O) groups is 1. The van der Waals surface area contributed by atoms with Gasteiger partial charge in [0.25, 0.3) is 5.91 Å². The van der Waals surface area contributed by atoms with Gasteiger partial charge in [0, 0.05) is 38.3 Å². The van der Waals surface area contributed by atoms with Crippen LogP contribution in [0.3, 0.4) is 0 Å². The predicted octanol–water partition coefficient (Wildman–Crippen LogP) is 3.93. The van der Waals surface area contributed by atoms with Gasteiger partial charge in [-0.3, -0.25) is 9.69 Å². The molecule has 0 spiro atoms. The van der Waals surface area contributed by atoms with Crippen molar-refractivity contribution >= 4 is 5.91 Å². The number of hydrogen-bond acceptors (Lipinski definition) is 6. The van der Waals surface area contributed by atoms with Crippen molar-refractivity contribution in [1.29, 1.82) is 0 Å². The first kappa shape index (κ1) is 21.9. The van der Waals surface area contributed by atoms with E-state index in [-0.39, 0.29) is 5.91 Å². The molecule has 2 heterocycles. The van der Waals surface area contributed by atoms with E-state index >= 15 is 0 Å². The summed E-state index contributed by atoms with van der Waals surface area (Å²) in [4.78, 5) is 21.9. The first-order valence-corrected chi connectivity index (χ1v) is 10.8. The van der Waals surface area contributed by atoms with Gasteiger partial charge in [0.05, 0.1) is 25.5 Å². The highest BCUT2D eigenvalue weighted by molar-refractivity contribution is 5.97. The molecule has 1 aromatic heterocycles. The Labute approximate surface area is 188 Å². The van der Waals surface area contributed by atoms with Crippen LogP contribution in [0.1, 0.15) is 27.4 Å². The lowest BCUT2D eigenvalue weighted by molar-refractivity contribution is 0.0623. The number of aryl methyl sites for hydroxylation is 2. The second-order valence-corrected chi connectivity index (χ2v) is 7.97. The van der Waals surface area contributed by atoms with Crippen molar-refractivity contribution in [2.45, 2.75) is 20.4 Å². The highest BCUT2D eigenvalue weighted by Gasteiger charge is 2.25. The number of benzene rings is 2. The zero-order chi connectivity index (χ0) is 22.7. The highest BCUT2D eigenvalue weighted by Crippen LogP contribution is 2.28. The first-order chi connectivity index (χ1) is 15.5. The number of para-hydroxylation sites is 1. The average molecular weight is 436 g/mol. The topological polar surface area (TPSA) is 68.0 Å². The molecule has 1 aliphatic heterocycles. The number of oxazole rings is 1. The molecule has 4 rings (SSSR count). The minimum atomic E-state index is 0.0110. The maximum Gasteiger partial charge on any atom is 0.257 e. The lowest BCUT2D eigenvalue weighted by Crippen LogP contribution is -2.48. The van der Waals surface area contributed by atoms with Crippen LogP contribution in [-0.4, -0.2) is 61.1 Å². The number of methoxy groups -OCH3 is 2. The second kappa shape index (κ2) is 9.44. The second-order valence-electron chi connectivity index (χ2n) is 7.97. The van der Waals surface area contributed by atoms with Gasteiger partial charge in [0.1, 0.15) is 17.3 Å². The van der Waals surface area contributed by atoms with Crippen molar-refractivity contribution in [1.82, 2.24) is 14.8 Å². The largest absolute Gasteiger partial charge is 0.496 e. The van der Waals surface area contributed by atoms with Gasteiger partial charge < -0.3 is 18.8 Å². The Bertz CT molecular complexity index is 1100. The zero-order valence-corrected chi connectivity index (χ0v) is 19.1. The van der Waals surface area contributed by atoms with Crippen molar-refractivity contribution in [3.8, 4) is 23.0 Å². The lowest BCUT2D eigenvalue weighted by atomic mass is 10.1.